The molecule has 1 aromatic rings. The first kappa shape index (κ1) is 12.7. The molecule has 1 aliphatic rings. The molecule has 1 aliphatic heterocycles. The maximum Gasteiger partial charge on any atom is 0.137 e. The summed E-state index contributed by atoms with van der Waals surface area (Å²) in [6.07, 6.45) is 4.26. The van der Waals surface area contributed by atoms with Gasteiger partial charge in [-0.1, -0.05) is 22.9 Å². The maximum atomic E-state index is 5.12. The highest BCUT2D eigenvalue weighted by atomic mass is 79.9. The highest BCUT2D eigenvalue weighted by Gasteiger charge is 2.22. The van der Waals surface area contributed by atoms with Gasteiger partial charge in [0, 0.05) is 17.9 Å². The third-order valence-electron chi connectivity index (χ3n) is 3.47. The number of hydrogen-bond acceptors (Lipinski definition) is 3. The number of nitrogens with zero attached hydrogens (tertiary/aromatic N) is 2. The Hall–Kier alpha value is -0.770. The van der Waals surface area contributed by atoms with Crippen molar-refractivity contribution < 1.29 is 4.74 Å². The lowest BCUT2D eigenvalue weighted by molar-refractivity contribution is 0.403. The van der Waals surface area contributed by atoms with Crippen molar-refractivity contribution in [1.29, 1.82) is 0 Å². The van der Waals surface area contributed by atoms with E-state index < -0.39 is 0 Å². The molecule has 2 rings (SSSR count). The predicted molar refractivity (Wildman–Crippen MR) is 74.1 cm³/mol. The Morgan fingerprint density at radius 2 is 2.12 bits per heavy atom. The van der Waals surface area contributed by atoms with E-state index in [0.717, 1.165) is 30.6 Å². The van der Waals surface area contributed by atoms with Gasteiger partial charge in [-0.05, 0) is 30.9 Å². The number of halogens is 1. The number of piperidine rings is 1. The molecule has 1 atom stereocenters. The van der Waals surface area contributed by atoms with Crippen LogP contribution in [0.1, 0.15) is 19.8 Å². The van der Waals surface area contributed by atoms with Gasteiger partial charge < -0.3 is 9.64 Å². The fourth-order valence-corrected chi connectivity index (χ4v) is 2.80. The van der Waals surface area contributed by atoms with Crippen molar-refractivity contribution in [1.82, 2.24) is 4.98 Å². The molecular formula is C13H19BrN2O. The lowest BCUT2D eigenvalue weighted by Gasteiger charge is -2.34. The summed E-state index contributed by atoms with van der Waals surface area (Å²) in [6, 6.07) is 4.01. The lowest BCUT2D eigenvalue weighted by Crippen LogP contribution is -2.36. The number of alkyl halides is 1. The summed E-state index contributed by atoms with van der Waals surface area (Å²) in [5.41, 5.74) is 0. The van der Waals surface area contributed by atoms with Gasteiger partial charge in [-0.3, -0.25) is 0 Å². The molecule has 0 N–H and O–H groups in total. The molecule has 94 valence electrons. The summed E-state index contributed by atoms with van der Waals surface area (Å²) in [4.78, 5) is 7.40. The van der Waals surface area contributed by atoms with Crippen LogP contribution in [-0.2, 0) is 0 Å². The Kier molecular flexibility index (Phi) is 4.26. The first-order valence-corrected chi connectivity index (χ1v) is 7.01. The van der Waals surface area contributed by atoms with Crippen LogP contribution in [0.3, 0.4) is 0 Å². The molecule has 17 heavy (non-hydrogen) atoms. The SMILES string of the molecule is COc1ccc(N2CCC(C(C)Br)CC2)nc1. The molecule has 4 heteroatoms. The first-order valence-electron chi connectivity index (χ1n) is 6.09. The van der Waals surface area contributed by atoms with Crippen LogP contribution in [0.5, 0.6) is 5.75 Å². The maximum absolute atomic E-state index is 5.12. The molecule has 1 fully saturated rings. The number of rotatable bonds is 3. The minimum atomic E-state index is 0.619. The molecule has 1 unspecified atom stereocenters. The Morgan fingerprint density at radius 1 is 1.41 bits per heavy atom. The zero-order valence-electron chi connectivity index (χ0n) is 10.4. The average molecular weight is 299 g/mol. The van der Waals surface area contributed by atoms with Crippen LogP contribution in [0.25, 0.3) is 0 Å². The first-order chi connectivity index (χ1) is 8.20. The normalized spacial score (nSPS) is 19.1. The Bertz CT molecular complexity index is 345. The minimum absolute atomic E-state index is 0.619. The molecule has 0 aromatic carbocycles. The summed E-state index contributed by atoms with van der Waals surface area (Å²) in [5.74, 6) is 2.67. The largest absolute Gasteiger partial charge is 0.495 e. The zero-order valence-corrected chi connectivity index (χ0v) is 12.0. The van der Waals surface area contributed by atoms with Gasteiger partial charge in [0.1, 0.15) is 11.6 Å². The summed E-state index contributed by atoms with van der Waals surface area (Å²) in [6.45, 7) is 4.44. The van der Waals surface area contributed by atoms with Gasteiger partial charge in [0.15, 0.2) is 0 Å². The van der Waals surface area contributed by atoms with E-state index in [1.165, 1.54) is 12.8 Å². The van der Waals surface area contributed by atoms with Crippen molar-refractivity contribution >= 4 is 21.7 Å². The third-order valence-corrected chi connectivity index (χ3v) is 4.22. The molecule has 0 saturated carbocycles. The van der Waals surface area contributed by atoms with E-state index in [0.29, 0.717) is 4.83 Å². The highest BCUT2D eigenvalue weighted by molar-refractivity contribution is 9.09. The van der Waals surface area contributed by atoms with Crippen LogP contribution >= 0.6 is 15.9 Å². The van der Waals surface area contributed by atoms with Crippen molar-refractivity contribution in [3.63, 3.8) is 0 Å². The van der Waals surface area contributed by atoms with E-state index in [1.54, 1.807) is 13.3 Å². The second-order valence-corrected chi connectivity index (χ2v) is 6.00. The summed E-state index contributed by atoms with van der Waals surface area (Å²) in [5, 5.41) is 0. The molecule has 0 bridgehead atoms. The van der Waals surface area contributed by atoms with Gasteiger partial charge >= 0.3 is 0 Å². The van der Waals surface area contributed by atoms with E-state index >= 15 is 0 Å². The van der Waals surface area contributed by atoms with Gasteiger partial charge in [-0.25, -0.2) is 4.98 Å². The molecule has 0 spiro atoms. The van der Waals surface area contributed by atoms with Crippen LogP contribution < -0.4 is 9.64 Å². The molecule has 2 heterocycles. The Morgan fingerprint density at radius 3 is 2.59 bits per heavy atom. The number of methoxy groups -OCH3 is 1. The van der Waals surface area contributed by atoms with E-state index in [1.807, 2.05) is 12.1 Å². The average Bonchev–Trinajstić information content (AvgIpc) is 2.39. The standard InChI is InChI=1S/C13H19BrN2O/c1-10(14)11-5-7-16(8-6-11)13-4-3-12(17-2)9-15-13/h3-4,9-11H,5-8H2,1-2H3. The van der Waals surface area contributed by atoms with Crippen molar-refractivity contribution in [2.45, 2.75) is 24.6 Å². The molecule has 0 amide bonds. The van der Waals surface area contributed by atoms with E-state index in [2.05, 4.69) is 32.7 Å². The number of aromatic nitrogens is 1. The zero-order chi connectivity index (χ0) is 12.3. The lowest BCUT2D eigenvalue weighted by atomic mass is 9.94. The van der Waals surface area contributed by atoms with Crippen molar-refractivity contribution in [3.8, 4) is 5.75 Å². The van der Waals surface area contributed by atoms with Crippen LogP contribution in [0.2, 0.25) is 0 Å². The Balaban J connectivity index is 1.95. The van der Waals surface area contributed by atoms with Gasteiger partial charge in [0.05, 0.1) is 13.3 Å². The van der Waals surface area contributed by atoms with Crippen molar-refractivity contribution in [2.75, 3.05) is 25.1 Å². The Labute approximate surface area is 111 Å². The van der Waals surface area contributed by atoms with Crippen molar-refractivity contribution in [3.05, 3.63) is 18.3 Å². The van der Waals surface area contributed by atoms with Gasteiger partial charge in [0.2, 0.25) is 0 Å². The van der Waals surface area contributed by atoms with Gasteiger partial charge in [0.25, 0.3) is 0 Å². The molecule has 0 radical (unpaired) electrons. The minimum Gasteiger partial charge on any atom is -0.495 e. The van der Waals surface area contributed by atoms with Gasteiger partial charge in [-0.2, -0.15) is 0 Å². The monoisotopic (exact) mass is 298 g/mol. The molecule has 1 saturated heterocycles. The number of anilines is 1. The molecular weight excluding hydrogens is 280 g/mol. The number of pyridine rings is 1. The fourth-order valence-electron chi connectivity index (χ4n) is 2.27. The summed E-state index contributed by atoms with van der Waals surface area (Å²) in [7, 11) is 1.67. The predicted octanol–water partition coefficient (Wildman–Crippen LogP) is 3.09. The smallest absolute Gasteiger partial charge is 0.137 e. The van der Waals surface area contributed by atoms with Crippen LogP contribution in [-0.4, -0.2) is 30.0 Å². The van der Waals surface area contributed by atoms with E-state index in [9.17, 15) is 0 Å². The summed E-state index contributed by atoms with van der Waals surface area (Å²) < 4.78 is 5.12. The quantitative estimate of drug-likeness (QED) is 0.802. The topological polar surface area (TPSA) is 25.4 Å². The number of ether oxygens (including phenoxy) is 1. The van der Waals surface area contributed by atoms with E-state index in [4.69, 9.17) is 4.74 Å². The van der Waals surface area contributed by atoms with Crippen LogP contribution in [0.15, 0.2) is 18.3 Å². The van der Waals surface area contributed by atoms with E-state index in [-0.39, 0.29) is 0 Å². The fraction of sp³-hybridized carbons (Fsp3) is 0.615. The highest BCUT2D eigenvalue weighted by Crippen LogP contribution is 2.27. The molecule has 3 nitrogen and oxygen atoms in total. The summed E-state index contributed by atoms with van der Waals surface area (Å²) >= 11 is 3.68. The van der Waals surface area contributed by atoms with Crippen LogP contribution in [0, 0.1) is 5.92 Å². The molecule has 1 aromatic heterocycles. The van der Waals surface area contributed by atoms with Gasteiger partial charge in [-0.15, -0.1) is 0 Å². The number of hydrogen-bond donors (Lipinski definition) is 0. The second kappa shape index (κ2) is 5.71. The molecule has 0 aliphatic carbocycles. The third kappa shape index (κ3) is 3.12. The van der Waals surface area contributed by atoms with Crippen molar-refractivity contribution in [2.24, 2.45) is 5.92 Å². The van der Waals surface area contributed by atoms with Crippen LogP contribution in [0.4, 0.5) is 5.82 Å². The second-order valence-electron chi connectivity index (χ2n) is 4.56.